The molecule has 1 unspecified atom stereocenters. The maximum Gasteiger partial charge on any atom is 0.193 e. The molecule has 5 heteroatoms. The number of likely N-dealkylation sites (tertiary alicyclic amines) is 1. The van der Waals surface area contributed by atoms with E-state index in [2.05, 4.69) is 71.3 Å². The topological polar surface area (TPSA) is 40.1 Å². The summed E-state index contributed by atoms with van der Waals surface area (Å²) < 4.78 is 5.74. The largest absolute Gasteiger partial charge is 0.378 e. The molecule has 1 aliphatic rings. The first-order valence-electron chi connectivity index (χ1n) is 9.95. The molecule has 1 N–H and O–H groups in total. The first kappa shape index (κ1) is 20.7. The minimum absolute atomic E-state index is 0.418. The number of aliphatic imine (C=N–C) groups is 1. The Morgan fingerprint density at radius 3 is 2.62 bits per heavy atom. The monoisotopic (exact) mass is 360 g/mol. The smallest absolute Gasteiger partial charge is 0.193 e. The summed E-state index contributed by atoms with van der Waals surface area (Å²) in [6.45, 7) is 9.15. The molecule has 0 aliphatic carbocycles. The fraction of sp³-hybridized carbons (Fsp3) is 0.667. The molecule has 1 aromatic carbocycles. The van der Waals surface area contributed by atoms with Gasteiger partial charge in [-0.25, -0.2) is 0 Å². The molecular weight excluding hydrogens is 324 g/mol. The second-order valence-corrected chi connectivity index (χ2v) is 7.15. The highest BCUT2D eigenvalue weighted by Gasteiger charge is 2.21. The summed E-state index contributed by atoms with van der Waals surface area (Å²) in [5.74, 6) is 1.03. The van der Waals surface area contributed by atoms with E-state index < -0.39 is 0 Å². The van der Waals surface area contributed by atoms with Gasteiger partial charge in [-0.2, -0.15) is 0 Å². The van der Waals surface area contributed by atoms with Gasteiger partial charge in [-0.05, 0) is 45.7 Å². The molecule has 0 radical (unpaired) electrons. The van der Waals surface area contributed by atoms with Gasteiger partial charge < -0.3 is 15.0 Å². The number of hydrogen-bond donors (Lipinski definition) is 1. The van der Waals surface area contributed by atoms with Gasteiger partial charge in [0.15, 0.2) is 5.96 Å². The van der Waals surface area contributed by atoms with Crippen LogP contribution in [0.1, 0.15) is 38.7 Å². The zero-order valence-corrected chi connectivity index (χ0v) is 16.9. The summed E-state index contributed by atoms with van der Waals surface area (Å²) in [6, 6.07) is 11.2. The predicted molar refractivity (Wildman–Crippen MR) is 110 cm³/mol. The van der Waals surface area contributed by atoms with Crippen molar-refractivity contribution in [3.63, 3.8) is 0 Å². The Morgan fingerprint density at radius 1 is 1.31 bits per heavy atom. The molecule has 0 spiro atoms. The fourth-order valence-electron chi connectivity index (χ4n) is 3.44. The van der Waals surface area contributed by atoms with Crippen LogP contribution in [0.25, 0.3) is 0 Å². The van der Waals surface area contributed by atoms with Crippen molar-refractivity contribution in [2.45, 2.75) is 51.8 Å². The van der Waals surface area contributed by atoms with E-state index in [4.69, 9.17) is 4.74 Å². The third-order valence-electron chi connectivity index (χ3n) is 5.23. The lowest BCUT2D eigenvalue weighted by molar-refractivity contribution is 0.0263. The second kappa shape index (κ2) is 11.2. The van der Waals surface area contributed by atoms with Crippen LogP contribution >= 0.6 is 0 Å². The molecule has 1 aromatic rings. The normalized spacial score (nSPS) is 17.6. The van der Waals surface area contributed by atoms with Crippen LogP contribution in [0.4, 0.5) is 0 Å². The van der Waals surface area contributed by atoms with Crippen molar-refractivity contribution in [2.75, 3.05) is 40.3 Å². The molecule has 26 heavy (non-hydrogen) atoms. The van der Waals surface area contributed by atoms with Gasteiger partial charge in [0.1, 0.15) is 0 Å². The molecule has 0 bridgehead atoms. The minimum atomic E-state index is 0.418. The Kier molecular flexibility index (Phi) is 8.92. The molecule has 0 aromatic heterocycles. The van der Waals surface area contributed by atoms with Crippen molar-refractivity contribution in [2.24, 2.45) is 4.99 Å². The number of piperidine rings is 1. The highest BCUT2D eigenvalue weighted by atomic mass is 16.5. The van der Waals surface area contributed by atoms with E-state index in [1.165, 1.54) is 5.56 Å². The highest BCUT2D eigenvalue weighted by molar-refractivity contribution is 5.79. The number of nitrogens with one attached hydrogen (secondary N) is 1. The number of hydrogen-bond acceptors (Lipinski definition) is 3. The average Bonchev–Trinajstić information content (AvgIpc) is 2.67. The maximum absolute atomic E-state index is 5.74. The Balaban J connectivity index is 1.70. The minimum Gasteiger partial charge on any atom is -0.378 e. The van der Waals surface area contributed by atoms with E-state index in [-0.39, 0.29) is 0 Å². The zero-order valence-electron chi connectivity index (χ0n) is 16.9. The second-order valence-electron chi connectivity index (χ2n) is 7.15. The molecule has 0 amide bonds. The molecule has 2 rings (SSSR count). The lowest BCUT2D eigenvalue weighted by Crippen LogP contribution is -2.47. The summed E-state index contributed by atoms with van der Waals surface area (Å²) in [4.78, 5) is 9.23. The van der Waals surface area contributed by atoms with Gasteiger partial charge in [0.2, 0.25) is 0 Å². The van der Waals surface area contributed by atoms with E-state index >= 15 is 0 Å². The summed E-state index contributed by atoms with van der Waals surface area (Å²) in [5, 5.41) is 3.54. The number of guanidine groups is 1. The van der Waals surface area contributed by atoms with Crippen LogP contribution < -0.4 is 5.32 Å². The third kappa shape index (κ3) is 6.61. The van der Waals surface area contributed by atoms with Crippen molar-refractivity contribution < 1.29 is 4.74 Å². The maximum atomic E-state index is 5.74. The molecule has 146 valence electrons. The quantitative estimate of drug-likeness (QED) is 0.571. The van der Waals surface area contributed by atoms with Gasteiger partial charge in [0.25, 0.3) is 0 Å². The average molecular weight is 361 g/mol. The Morgan fingerprint density at radius 2 is 2.00 bits per heavy atom. The van der Waals surface area contributed by atoms with Crippen molar-refractivity contribution >= 4 is 5.96 Å². The molecule has 1 heterocycles. The van der Waals surface area contributed by atoms with E-state index in [1.807, 2.05) is 7.05 Å². The number of benzene rings is 1. The highest BCUT2D eigenvalue weighted by Crippen LogP contribution is 2.14. The van der Waals surface area contributed by atoms with Gasteiger partial charge in [0, 0.05) is 45.9 Å². The van der Waals surface area contributed by atoms with Crippen LogP contribution in [-0.4, -0.2) is 68.2 Å². The van der Waals surface area contributed by atoms with Gasteiger partial charge >= 0.3 is 0 Å². The van der Waals surface area contributed by atoms with Gasteiger partial charge in [0.05, 0.1) is 6.10 Å². The predicted octanol–water partition coefficient (Wildman–Crippen LogP) is 2.97. The van der Waals surface area contributed by atoms with Crippen LogP contribution in [0, 0.1) is 0 Å². The first-order chi connectivity index (χ1) is 12.6. The lowest BCUT2D eigenvalue weighted by atomic mass is 10.1. The van der Waals surface area contributed by atoms with Crippen LogP contribution in [0.2, 0.25) is 0 Å². The van der Waals surface area contributed by atoms with Crippen molar-refractivity contribution in [1.29, 1.82) is 0 Å². The Hall–Kier alpha value is -1.59. The summed E-state index contributed by atoms with van der Waals surface area (Å²) in [6.07, 6.45) is 3.69. The van der Waals surface area contributed by atoms with Gasteiger partial charge in [-0.3, -0.25) is 9.89 Å². The fourth-order valence-corrected chi connectivity index (χ4v) is 3.44. The molecular formula is C21H36N4O. The third-order valence-corrected chi connectivity index (χ3v) is 5.23. The number of ether oxygens (including phenoxy) is 1. The van der Waals surface area contributed by atoms with E-state index in [0.29, 0.717) is 12.1 Å². The van der Waals surface area contributed by atoms with E-state index in [0.717, 1.165) is 58.0 Å². The zero-order chi connectivity index (χ0) is 18.8. The SMILES string of the molecule is CCOC1CCN(C(=NC)NCCC(C)N(C)Cc2ccccc2)CC1. The van der Waals surface area contributed by atoms with Crippen molar-refractivity contribution in [1.82, 2.24) is 15.1 Å². The summed E-state index contributed by atoms with van der Waals surface area (Å²) in [7, 11) is 4.08. The molecule has 1 atom stereocenters. The molecule has 1 fully saturated rings. The number of nitrogens with zero attached hydrogens (tertiary/aromatic N) is 3. The van der Waals surface area contributed by atoms with Crippen LogP contribution in [0.5, 0.6) is 0 Å². The van der Waals surface area contributed by atoms with Gasteiger partial charge in [-0.1, -0.05) is 30.3 Å². The number of rotatable bonds is 8. The van der Waals surface area contributed by atoms with Crippen LogP contribution in [0.3, 0.4) is 0 Å². The summed E-state index contributed by atoms with van der Waals surface area (Å²) in [5.41, 5.74) is 1.36. The summed E-state index contributed by atoms with van der Waals surface area (Å²) >= 11 is 0. The molecule has 5 nitrogen and oxygen atoms in total. The van der Waals surface area contributed by atoms with Crippen molar-refractivity contribution in [3.05, 3.63) is 35.9 Å². The Bertz CT molecular complexity index is 526. The van der Waals surface area contributed by atoms with E-state index in [1.54, 1.807) is 0 Å². The Labute approximate surface area is 159 Å². The van der Waals surface area contributed by atoms with E-state index in [9.17, 15) is 0 Å². The van der Waals surface area contributed by atoms with Crippen LogP contribution in [0.15, 0.2) is 35.3 Å². The molecule has 1 saturated heterocycles. The molecule has 0 saturated carbocycles. The standard InChI is InChI=1S/C21H36N4O/c1-5-26-20-12-15-25(16-13-20)21(22-3)23-14-11-18(2)24(4)17-19-9-7-6-8-10-19/h6-10,18,20H,5,11-17H2,1-4H3,(H,22,23). The van der Waals surface area contributed by atoms with Crippen LogP contribution in [-0.2, 0) is 11.3 Å². The molecule has 1 aliphatic heterocycles. The van der Waals surface area contributed by atoms with Gasteiger partial charge in [-0.15, -0.1) is 0 Å². The first-order valence-corrected chi connectivity index (χ1v) is 9.95. The van der Waals surface area contributed by atoms with Crippen molar-refractivity contribution in [3.8, 4) is 0 Å². The lowest BCUT2D eigenvalue weighted by Gasteiger charge is -2.34.